The highest BCUT2D eigenvalue weighted by Gasteiger charge is 2.07. The van der Waals surface area contributed by atoms with Gasteiger partial charge in [-0.05, 0) is 39.3 Å². The average Bonchev–Trinajstić information content (AvgIpc) is 2.15. The molecule has 1 rings (SSSR count). The third-order valence-electron chi connectivity index (χ3n) is 2.32. The van der Waals surface area contributed by atoms with Crippen molar-refractivity contribution in [3.63, 3.8) is 0 Å². The van der Waals surface area contributed by atoms with Crippen LogP contribution in [-0.2, 0) is 0 Å². The monoisotopic (exact) mass is 208 g/mol. The van der Waals surface area contributed by atoms with Crippen molar-refractivity contribution in [2.45, 2.75) is 39.7 Å². The Labute approximate surface area is 91.3 Å². The molecule has 84 valence electrons. The second-order valence-electron chi connectivity index (χ2n) is 3.80. The molecule has 1 unspecified atom stereocenters. The molecule has 0 amide bonds. The predicted molar refractivity (Wildman–Crippen MR) is 62.9 cm³/mol. The summed E-state index contributed by atoms with van der Waals surface area (Å²) in [4.78, 5) is 8.68. The van der Waals surface area contributed by atoms with Crippen molar-refractivity contribution in [3.05, 3.63) is 17.5 Å². The standard InChI is InChI=1S/C11H20N4/c1-4-10(5-6-12)15-11-13-8(2)7-9(3)14-11/h7,10H,4-6,12H2,1-3H3,(H,13,14,15). The van der Waals surface area contributed by atoms with Crippen molar-refractivity contribution in [1.82, 2.24) is 9.97 Å². The maximum atomic E-state index is 5.54. The van der Waals surface area contributed by atoms with Crippen molar-refractivity contribution in [2.75, 3.05) is 11.9 Å². The molecule has 1 heterocycles. The van der Waals surface area contributed by atoms with Crippen molar-refractivity contribution in [1.29, 1.82) is 0 Å². The number of anilines is 1. The molecular formula is C11H20N4. The van der Waals surface area contributed by atoms with Crippen LogP contribution in [0.2, 0.25) is 0 Å². The van der Waals surface area contributed by atoms with Crippen LogP contribution in [0.25, 0.3) is 0 Å². The molecular weight excluding hydrogens is 188 g/mol. The van der Waals surface area contributed by atoms with Gasteiger partial charge in [-0.15, -0.1) is 0 Å². The Morgan fingerprint density at radius 3 is 2.40 bits per heavy atom. The number of hydrogen-bond acceptors (Lipinski definition) is 4. The zero-order valence-electron chi connectivity index (χ0n) is 9.75. The summed E-state index contributed by atoms with van der Waals surface area (Å²) < 4.78 is 0. The lowest BCUT2D eigenvalue weighted by Gasteiger charge is -2.16. The van der Waals surface area contributed by atoms with E-state index < -0.39 is 0 Å². The van der Waals surface area contributed by atoms with E-state index >= 15 is 0 Å². The molecule has 0 saturated carbocycles. The lowest BCUT2D eigenvalue weighted by molar-refractivity contribution is 0.635. The van der Waals surface area contributed by atoms with Gasteiger partial charge in [0.15, 0.2) is 0 Å². The molecule has 1 atom stereocenters. The fraction of sp³-hybridized carbons (Fsp3) is 0.636. The zero-order valence-corrected chi connectivity index (χ0v) is 9.75. The maximum Gasteiger partial charge on any atom is 0.223 e. The number of nitrogens with one attached hydrogen (secondary N) is 1. The van der Waals surface area contributed by atoms with Gasteiger partial charge in [-0.2, -0.15) is 0 Å². The molecule has 0 saturated heterocycles. The van der Waals surface area contributed by atoms with Crippen LogP contribution in [0.1, 0.15) is 31.2 Å². The molecule has 0 radical (unpaired) electrons. The van der Waals surface area contributed by atoms with Gasteiger partial charge in [0.1, 0.15) is 0 Å². The number of aryl methyl sites for hydroxylation is 2. The molecule has 4 heteroatoms. The van der Waals surface area contributed by atoms with Crippen LogP contribution in [0.5, 0.6) is 0 Å². The molecule has 4 nitrogen and oxygen atoms in total. The summed E-state index contributed by atoms with van der Waals surface area (Å²) >= 11 is 0. The Balaban J connectivity index is 2.69. The van der Waals surface area contributed by atoms with Gasteiger partial charge >= 0.3 is 0 Å². The summed E-state index contributed by atoms with van der Waals surface area (Å²) in [5.74, 6) is 0.716. The summed E-state index contributed by atoms with van der Waals surface area (Å²) in [5.41, 5.74) is 7.52. The van der Waals surface area contributed by atoms with E-state index in [4.69, 9.17) is 5.73 Å². The van der Waals surface area contributed by atoms with E-state index in [9.17, 15) is 0 Å². The quantitative estimate of drug-likeness (QED) is 0.772. The van der Waals surface area contributed by atoms with Crippen LogP contribution in [0, 0.1) is 13.8 Å². The number of nitrogens with two attached hydrogens (primary N) is 1. The van der Waals surface area contributed by atoms with Gasteiger partial charge in [0.2, 0.25) is 5.95 Å². The summed E-state index contributed by atoms with van der Waals surface area (Å²) in [7, 11) is 0. The van der Waals surface area contributed by atoms with E-state index in [0.29, 0.717) is 18.5 Å². The summed E-state index contributed by atoms with van der Waals surface area (Å²) in [6.45, 7) is 6.78. The first-order chi connectivity index (χ1) is 7.15. The zero-order chi connectivity index (χ0) is 11.3. The molecule has 0 aliphatic heterocycles. The van der Waals surface area contributed by atoms with E-state index in [-0.39, 0.29) is 0 Å². The van der Waals surface area contributed by atoms with E-state index in [2.05, 4.69) is 22.2 Å². The molecule has 0 fully saturated rings. The fourth-order valence-corrected chi connectivity index (χ4v) is 1.55. The van der Waals surface area contributed by atoms with Crippen LogP contribution >= 0.6 is 0 Å². The van der Waals surface area contributed by atoms with Crippen LogP contribution in [0.4, 0.5) is 5.95 Å². The molecule has 0 aliphatic carbocycles. The molecule has 0 spiro atoms. The van der Waals surface area contributed by atoms with Crippen LogP contribution in [0.3, 0.4) is 0 Å². The van der Waals surface area contributed by atoms with Crippen molar-refractivity contribution < 1.29 is 0 Å². The highest BCUT2D eigenvalue weighted by atomic mass is 15.1. The average molecular weight is 208 g/mol. The fourth-order valence-electron chi connectivity index (χ4n) is 1.55. The smallest absolute Gasteiger partial charge is 0.223 e. The van der Waals surface area contributed by atoms with Crippen molar-refractivity contribution in [2.24, 2.45) is 5.73 Å². The lowest BCUT2D eigenvalue weighted by atomic mass is 10.1. The number of aromatic nitrogens is 2. The minimum atomic E-state index is 0.371. The first kappa shape index (κ1) is 11.9. The highest BCUT2D eigenvalue weighted by molar-refractivity contribution is 5.28. The van der Waals surface area contributed by atoms with E-state index in [0.717, 1.165) is 24.2 Å². The van der Waals surface area contributed by atoms with Crippen molar-refractivity contribution >= 4 is 5.95 Å². The maximum absolute atomic E-state index is 5.54. The van der Waals surface area contributed by atoms with Gasteiger partial charge in [0, 0.05) is 17.4 Å². The molecule has 3 N–H and O–H groups in total. The van der Waals surface area contributed by atoms with E-state index in [1.807, 2.05) is 19.9 Å². The van der Waals surface area contributed by atoms with Gasteiger partial charge in [0.25, 0.3) is 0 Å². The Bertz CT molecular complexity index is 291. The second-order valence-corrected chi connectivity index (χ2v) is 3.80. The van der Waals surface area contributed by atoms with Gasteiger partial charge in [-0.25, -0.2) is 9.97 Å². The SMILES string of the molecule is CCC(CCN)Nc1nc(C)cc(C)n1. The Kier molecular flexibility index (Phi) is 4.49. The van der Waals surface area contributed by atoms with E-state index in [1.165, 1.54) is 0 Å². The van der Waals surface area contributed by atoms with Crippen LogP contribution < -0.4 is 11.1 Å². The first-order valence-corrected chi connectivity index (χ1v) is 5.44. The summed E-state index contributed by atoms with van der Waals surface area (Å²) in [6.07, 6.45) is 1.99. The molecule has 0 bridgehead atoms. The Morgan fingerprint density at radius 1 is 1.33 bits per heavy atom. The highest BCUT2D eigenvalue weighted by Crippen LogP contribution is 2.08. The topological polar surface area (TPSA) is 63.8 Å². The predicted octanol–water partition coefficient (Wildman–Crippen LogP) is 1.63. The molecule has 1 aromatic rings. The molecule has 0 aliphatic rings. The minimum absolute atomic E-state index is 0.371. The summed E-state index contributed by atoms with van der Waals surface area (Å²) in [6, 6.07) is 2.34. The van der Waals surface area contributed by atoms with Gasteiger partial charge in [0.05, 0.1) is 0 Å². The lowest BCUT2D eigenvalue weighted by Crippen LogP contribution is -2.23. The third kappa shape index (κ3) is 3.83. The molecule has 15 heavy (non-hydrogen) atoms. The Hall–Kier alpha value is -1.16. The van der Waals surface area contributed by atoms with Gasteiger partial charge in [-0.3, -0.25) is 0 Å². The third-order valence-corrected chi connectivity index (χ3v) is 2.32. The largest absolute Gasteiger partial charge is 0.351 e. The number of rotatable bonds is 5. The normalized spacial score (nSPS) is 12.5. The molecule has 0 aromatic carbocycles. The number of hydrogen-bond donors (Lipinski definition) is 2. The Morgan fingerprint density at radius 2 is 1.93 bits per heavy atom. The van der Waals surface area contributed by atoms with Gasteiger partial charge < -0.3 is 11.1 Å². The minimum Gasteiger partial charge on any atom is -0.351 e. The molecule has 1 aromatic heterocycles. The number of nitrogens with zero attached hydrogens (tertiary/aromatic N) is 2. The van der Waals surface area contributed by atoms with Crippen LogP contribution in [0.15, 0.2) is 6.07 Å². The van der Waals surface area contributed by atoms with Crippen molar-refractivity contribution in [3.8, 4) is 0 Å². The van der Waals surface area contributed by atoms with Crippen LogP contribution in [-0.4, -0.2) is 22.6 Å². The summed E-state index contributed by atoms with van der Waals surface area (Å²) in [5, 5.41) is 3.31. The van der Waals surface area contributed by atoms with E-state index in [1.54, 1.807) is 0 Å². The van der Waals surface area contributed by atoms with Gasteiger partial charge in [-0.1, -0.05) is 6.92 Å². The second kappa shape index (κ2) is 5.66. The first-order valence-electron chi connectivity index (χ1n) is 5.44.